The predicted molar refractivity (Wildman–Crippen MR) is 85.9 cm³/mol. The van der Waals surface area contributed by atoms with E-state index < -0.39 is 0 Å². The van der Waals surface area contributed by atoms with Crippen LogP contribution >= 0.6 is 28.1 Å². The molecule has 1 aromatic heterocycles. The lowest BCUT2D eigenvalue weighted by atomic mass is 9.82. The molecule has 0 saturated heterocycles. The number of benzene rings is 1. The maximum Gasteiger partial charge on any atom is 0.178 e. The number of halogens is 1. The van der Waals surface area contributed by atoms with E-state index in [0.29, 0.717) is 0 Å². The molecule has 1 aliphatic carbocycles. The minimum Gasteiger partial charge on any atom is -0.331 e. The Balaban J connectivity index is 1.93. The van der Waals surface area contributed by atoms with Crippen LogP contribution in [-0.4, -0.2) is 9.55 Å². The van der Waals surface area contributed by atoms with Crippen LogP contribution in [0, 0.1) is 16.6 Å². The molecule has 0 amide bonds. The number of rotatable bonds is 2. The highest BCUT2D eigenvalue weighted by atomic mass is 79.9. The minimum absolute atomic E-state index is 0.772. The van der Waals surface area contributed by atoms with Crippen LogP contribution in [0.5, 0.6) is 0 Å². The number of fused-ring (bicyclic) bond motifs is 1. The summed E-state index contributed by atoms with van der Waals surface area (Å²) in [6.45, 7) is 3.43. The third kappa shape index (κ3) is 2.79. The van der Waals surface area contributed by atoms with Crippen molar-refractivity contribution in [2.45, 2.75) is 39.2 Å². The Morgan fingerprint density at radius 1 is 1.42 bits per heavy atom. The standard InChI is InChI=1S/C15H19BrN2S/c1-10-3-2-4-11(7-10)9-18-14-8-12(16)5-6-13(14)17-15(18)19/h5-6,8,10-11H,2-4,7,9H2,1H3,(H,17,19). The van der Waals surface area contributed by atoms with E-state index in [2.05, 4.69) is 50.6 Å². The summed E-state index contributed by atoms with van der Waals surface area (Å²) in [6, 6.07) is 6.31. The predicted octanol–water partition coefficient (Wildman–Crippen LogP) is 5.29. The molecule has 2 nitrogen and oxygen atoms in total. The Labute approximate surface area is 127 Å². The number of aromatic amines is 1. The Morgan fingerprint density at radius 3 is 3.05 bits per heavy atom. The Kier molecular flexibility index (Phi) is 3.81. The molecule has 0 spiro atoms. The van der Waals surface area contributed by atoms with Gasteiger partial charge in [0.25, 0.3) is 0 Å². The number of imidazole rings is 1. The van der Waals surface area contributed by atoms with E-state index >= 15 is 0 Å². The van der Waals surface area contributed by atoms with E-state index in [9.17, 15) is 0 Å². The van der Waals surface area contributed by atoms with Crippen LogP contribution < -0.4 is 0 Å². The summed E-state index contributed by atoms with van der Waals surface area (Å²) in [6.07, 6.45) is 5.43. The molecule has 1 aromatic carbocycles. The fourth-order valence-electron chi connectivity index (χ4n) is 3.29. The van der Waals surface area contributed by atoms with Crippen LogP contribution in [0.1, 0.15) is 32.6 Å². The zero-order chi connectivity index (χ0) is 13.4. The normalized spacial score (nSPS) is 23.9. The molecule has 1 saturated carbocycles. The Hall–Kier alpha value is -0.610. The van der Waals surface area contributed by atoms with E-state index in [1.807, 2.05) is 0 Å². The topological polar surface area (TPSA) is 20.7 Å². The van der Waals surface area contributed by atoms with Crippen molar-refractivity contribution >= 4 is 39.2 Å². The van der Waals surface area contributed by atoms with Crippen molar-refractivity contribution in [1.82, 2.24) is 9.55 Å². The molecule has 0 bridgehead atoms. The van der Waals surface area contributed by atoms with Gasteiger partial charge in [0, 0.05) is 11.0 Å². The highest BCUT2D eigenvalue weighted by molar-refractivity contribution is 9.10. The fourth-order valence-corrected chi connectivity index (χ4v) is 3.92. The van der Waals surface area contributed by atoms with Crippen LogP contribution in [0.4, 0.5) is 0 Å². The highest BCUT2D eigenvalue weighted by Gasteiger charge is 2.20. The van der Waals surface area contributed by atoms with Gasteiger partial charge in [0.2, 0.25) is 0 Å². The largest absolute Gasteiger partial charge is 0.331 e. The summed E-state index contributed by atoms with van der Waals surface area (Å²) in [4.78, 5) is 3.31. The first-order chi connectivity index (χ1) is 9.13. The number of aromatic nitrogens is 2. The van der Waals surface area contributed by atoms with Crippen LogP contribution in [0.25, 0.3) is 11.0 Å². The first-order valence-electron chi connectivity index (χ1n) is 7.01. The van der Waals surface area contributed by atoms with E-state index in [-0.39, 0.29) is 0 Å². The Bertz CT molecular complexity index is 643. The van der Waals surface area contributed by atoms with Crippen molar-refractivity contribution in [2.24, 2.45) is 11.8 Å². The van der Waals surface area contributed by atoms with Crippen LogP contribution in [0.15, 0.2) is 22.7 Å². The smallest absolute Gasteiger partial charge is 0.178 e. The maximum atomic E-state index is 5.49. The number of hydrogen-bond donors (Lipinski definition) is 1. The molecule has 102 valence electrons. The second kappa shape index (κ2) is 5.41. The summed E-state index contributed by atoms with van der Waals surface area (Å²) >= 11 is 9.04. The first kappa shape index (κ1) is 13.4. The van der Waals surface area contributed by atoms with Crippen LogP contribution in [0.2, 0.25) is 0 Å². The molecule has 2 unspecified atom stereocenters. The van der Waals surface area contributed by atoms with Gasteiger partial charge in [-0.25, -0.2) is 0 Å². The van der Waals surface area contributed by atoms with Gasteiger partial charge in [-0.15, -0.1) is 0 Å². The molecule has 1 fully saturated rings. The van der Waals surface area contributed by atoms with Gasteiger partial charge in [0.15, 0.2) is 4.77 Å². The molecule has 1 heterocycles. The average Bonchev–Trinajstić information content (AvgIpc) is 2.66. The van der Waals surface area contributed by atoms with Crippen LogP contribution in [-0.2, 0) is 6.54 Å². The second-order valence-electron chi connectivity index (χ2n) is 5.84. The molecule has 3 rings (SSSR count). The van der Waals surface area contributed by atoms with Crippen LogP contribution in [0.3, 0.4) is 0 Å². The number of nitrogens with one attached hydrogen (secondary N) is 1. The number of H-pyrrole nitrogens is 1. The van der Waals surface area contributed by atoms with Gasteiger partial charge in [-0.1, -0.05) is 35.7 Å². The van der Waals surface area contributed by atoms with Gasteiger partial charge in [0.05, 0.1) is 11.0 Å². The molecular weight excluding hydrogens is 320 g/mol. The van der Waals surface area contributed by atoms with Crippen molar-refractivity contribution in [1.29, 1.82) is 0 Å². The van der Waals surface area contributed by atoms with Crippen molar-refractivity contribution in [2.75, 3.05) is 0 Å². The molecule has 2 aromatic rings. The number of nitrogens with zero attached hydrogens (tertiary/aromatic N) is 1. The maximum absolute atomic E-state index is 5.49. The zero-order valence-electron chi connectivity index (χ0n) is 11.2. The van der Waals surface area contributed by atoms with Gasteiger partial charge >= 0.3 is 0 Å². The average molecular weight is 339 g/mol. The Morgan fingerprint density at radius 2 is 2.26 bits per heavy atom. The summed E-state index contributed by atoms with van der Waals surface area (Å²) in [5, 5.41) is 0. The monoisotopic (exact) mass is 338 g/mol. The van der Waals surface area contributed by atoms with Crippen molar-refractivity contribution in [3.05, 3.63) is 27.4 Å². The van der Waals surface area contributed by atoms with Gasteiger partial charge in [-0.2, -0.15) is 0 Å². The molecule has 1 aliphatic rings. The van der Waals surface area contributed by atoms with Gasteiger partial charge < -0.3 is 9.55 Å². The SMILES string of the molecule is CC1CCCC(Cn2c(=S)[nH]c3ccc(Br)cc32)C1. The number of hydrogen-bond acceptors (Lipinski definition) is 1. The molecule has 2 atom stereocenters. The summed E-state index contributed by atoms with van der Waals surface area (Å²) in [7, 11) is 0. The quantitative estimate of drug-likeness (QED) is 0.738. The third-order valence-electron chi connectivity index (χ3n) is 4.22. The first-order valence-corrected chi connectivity index (χ1v) is 8.21. The zero-order valence-corrected chi connectivity index (χ0v) is 13.6. The van der Waals surface area contributed by atoms with Crippen molar-refractivity contribution in [3.63, 3.8) is 0 Å². The molecule has 19 heavy (non-hydrogen) atoms. The van der Waals surface area contributed by atoms with E-state index in [4.69, 9.17) is 12.2 Å². The molecule has 0 aliphatic heterocycles. The summed E-state index contributed by atoms with van der Waals surface area (Å²) < 4.78 is 4.24. The van der Waals surface area contributed by atoms with Gasteiger partial charge in [-0.05, 0) is 55.1 Å². The summed E-state index contributed by atoms with van der Waals surface area (Å²) in [5.41, 5.74) is 2.36. The van der Waals surface area contributed by atoms with E-state index in [1.54, 1.807) is 0 Å². The lowest BCUT2D eigenvalue weighted by Gasteiger charge is -2.27. The molecule has 0 radical (unpaired) electrons. The second-order valence-corrected chi connectivity index (χ2v) is 7.14. The molecule has 4 heteroatoms. The fraction of sp³-hybridized carbons (Fsp3) is 0.533. The van der Waals surface area contributed by atoms with Crippen molar-refractivity contribution < 1.29 is 0 Å². The highest BCUT2D eigenvalue weighted by Crippen LogP contribution is 2.31. The van der Waals surface area contributed by atoms with Gasteiger partial charge in [-0.3, -0.25) is 0 Å². The molecule has 1 N–H and O–H groups in total. The lowest BCUT2D eigenvalue weighted by molar-refractivity contribution is 0.258. The van der Waals surface area contributed by atoms with Crippen molar-refractivity contribution in [3.8, 4) is 0 Å². The third-order valence-corrected chi connectivity index (χ3v) is 5.04. The lowest BCUT2D eigenvalue weighted by Crippen LogP contribution is -2.18. The van der Waals surface area contributed by atoms with Gasteiger partial charge in [0.1, 0.15) is 0 Å². The molecular formula is C15H19BrN2S. The minimum atomic E-state index is 0.772. The summed E-state index contributed by atoms with van der Waals surface area (Å²) in [5.74, 6) is 1.64. The van der Waals surface area contributed by atoms with E-state index in [0.717, 1.165) is 33.1 Å². The van der Waals surface area contributed by atoms with E-state index in [1.165, 1.54) is 31.2 Å².